The predicted octanol–water partition coefficient (Wildman–Crippen LogP) is 5.38. The Morgan fingerprint density at radius 3 is 2.05 bits per heavy atom. The highest BCUT2D eigenvalue weighted by molar-refractivity contribution is 6.33. The second-order valence-electron chi connectivity index (χ2n) is 4.61. The molecule has 3 rings (SSSR count). The van der Waals surface area contributed by atoms with Crippen molar-refractivity contribution >= 4 is 11.6 Å². The Morgan fingerprint density at radius 2 is 1.35 bits per heavy atom. The van der Waals surface area contributed by atoms with E-state index in [4.69, 9.17) is 11.6 Å². The van der Waals surface area contributed by atoms with Crippen molar-refractivity contribution in [1.82, 2.24) is 0 Å². The van der Waals surface area contributed by atoms with Crippen LogP contribution in [0.1, 0.15) is 0 Å². The lowest BCUT2D eigenvalue weighted by Crippen LogP contribution is -1.81. The molecule has 0 aromatic heterocycles. The van der Waals surface area contributed by atoms with Crippen molar-refractivity contribution in [2.75, 3.05) is 0 Å². The Labute approximate surface area is 123 Å². The summed E-state index contributed by atoms with van der Waals surface area (Å²) in [7, 11) is 0. The van der Waals surface area contributed by atoms with Gasteiger partial charge < -0.3 is 5.11 Å². The van der Waals surface area contributed by atoms with E-state index in [-0.39, 0.29) is 5.75 Å². The van der Waals surface area contributed by atoms with Gasteiger partial charge in [-0.3, -0.25) is 0 Å². The normalized spacial score (nSPS) is 10.4. The highest BCUT2D eigenvalue weighted by Crippen LogP contribution is 2.30. The fraction of sp³-hybridized carbons (Fsp3) is 0. The third-order valence-electron chi connectivity index (χ3n) is 3.25. The van der Waals surface area contributed by atoms with Gasteiger partial charge in [-0.25, -0.2) is 0 Å². The van der Waals surface area contributed by atoms with E-state index in [0.717, 1.165) is 27.3 Å². The number of rotatable bonds is 2. The Morgan fingerprint density at radius 1 is 0.650 bits per heavy atom. The van der Waals surface area contributed by atoms with Gasteiger partial charge in [0.15, 0.2) is 0 Å². The first kappa shape index (κ1) is 12.8. The van der Waals surface area contributed by atoms with Crippen LogP contribution in [-0.4, -0.2) is 5.11 Å². The maximum absolute atomic E-state index is 9.53. The van der Waals surface area contributed by atoms with E-state index in [9.17, 15) is 5.11 Å². The fourth-order valence-electron chi connectivity index (χ4n) is 2.22. The first-order valence-corrected chi connectivity index (χ1v) is 6.76. The lowest BCUT2D eigenvalue weighted by atomic mass is 10.0. The van der Waals surface area contributed by atoms with E-state index in [0.29, 0.717) is 0 Å². The largest absolute Gasteiger partial charge is 0.508 e. The molecule has 0 amide bonds. The second-order valence-corrected chi connectivity index (χ2v) is 5.01. The van der Waals surface area contributed by atoms with Gasteiger partial charge in [-0.1, -0.05) is 66.2 Å². The van der Waals surface area contributed by atoms with Crippen LogP contribution in [0.25, 0.3) is 22.3 Å². The highest BCUT2D eigenvalue weighted by atomic mass is 35.5. The molecule has 3 aromatic carbocycles. The van der Waals surface area contributed by atoms with Crippen LogP contribution < -0.4 is 0 Å². The van der Waals surface area contributed by atoms with Gasteiger partial charge in [-0.05, 0) is 34.9 Å². The molecule has 0 heterocycles. The van der Waals surface area contributed by atoms with Gasteiger partial charge in [-0.15, -0.1) is 0 Å². The third kappa shape index (κ3) is 2.54. The van der Waals surface area contributed by atoms with Crippen LogP contribution in [0.5, 0.6) is 5.75 Å². The van der Waals surface area contributed by atoms with E-state index in [1.165, 1.54) is 0 Å². The van der Waals surface area contributed by atoms with Crippen LogP contribution in [0.15, 0.2) is 72.8 Å². The van der Waals surface area contributed by atoms with Crippen molar-refractivity contribution in [2.24, 2.45) is 0 Å². The topological polar surface area (TPSA) is 20.2 Å². The summed E-state index contributed by atoms with van der Waals surface area (Å²) in [6.45, 7) is 0. The molecule has 0 radical (unpaired) electrons. The molecule has 1 N–H and O–H groups in total. The summed E-state index contributed by atoms with van der Waals surface area (Å²) in [5, 5.41) is 10.3. The van der Waals surface area contributed by atoms with Gasteiger partial charge in [0, 0.05) is 10.6 Å². The Bertz CT molecular complexity index is 732. The molecular formula is C18H13ClO. The van der Waals surface area contributed by atoms with E-state index >= 15 is 0 Å². The smallest absolute Gasteiger partial charge is 0.116 e. The van der Waals surface area contributed by atoms with Gasteiger partial charge in [0.25, 0.3) is 0 Å². The molecule has 0 saturated carbocycles. The molecule has 0 saturated heterocycles. The molecule has 0 unspecified atom stereocenters. The van der Waals surface area contributed by atoms with Crippen molar-refractivity contribution in [2.45, 2.75) is 0 Å². The summed E-state index contributed by atoms with van der Waals surface area (Å²) in [4.78, 5) is 0. The SMILES string of the molecule is Oc1cccc(-c2ccc(-c3ccccc3Cl)cc2)c1. The van der Waals surface area contributed by atoms with E-state index in [1.54, 1.807) is 12.1 Å². The molecular weight excluding hydrogens is 268 g/mol. The number of benzene rings is 3. The number of aromatic hydroxyl groups is 1. The van der Waals surface area contributed by atoms with Gasteiger partial charge >= 0.3 is 0 Å². The molecule has 0 aliphatic heterocycles. The summed E-state index contributed by atoms with van der Waals surface area (Å²) in [5.41, 5.74) is 4.17. The Balaban J connectivity index is 1.98. The molecule has 1 nitrogen and oxygen atoms in total. The third-order valence-corrected chi connectivity index (χ3v) is 3.58. The standard InChI is InChI=1S/C18H13ClO/c19-18-7-2-1-6-17(18)14-10-8-13(9-11-14)15-4-3-5-16(20)12-15/h1-12,20H. The first-order valence-electron chi connectivity index (χ1n) is 6.38. The average molecular weight is 281 g/mol. The fourth-order valence-corrected chi connectivity index (χ4v) is 2.47. The van der Waals surface area contributed by atoms with Crippen LogP contribution in [-0.2, 0) is 0 Å². The Hall–Kier alpha value is -2.25. The first-order chi connectivity index (χ1) is 9.74. The molecule has 0 bridgehead atoms. The molecule has 3 aromatic rings. The number of phenols is 1. The zero-order valence-corrected chi connectivity index (χ0v) is 11.5. The molecule has 0 atom stereocenters. The van der Waals surface area contributed by atoms with Crippen molar-refractivity contribution < 1.29 is 5.11 Å². The van der Waals surface area contributed by atoms with Crippen molar-refractivity contribution in [1.29, 1.82) is 0 Å². The van der Waals surface area contributed by atoms with E-state index in [1.807, 2.05) is 60.7 Å². The quantitative estimate of drug-likeness (QED) is 0.668. The molecule has 0 fully saturated rings. The predicted molar refractivity (Wildman–Crippen MR) is 84.0 cm³/mol. The zero-order valence-electron chi connectivity index (χ0n) is 10.8. The van der Waals surface area contributed by atoms with E-state index < -0.39 is 0 Å². The van der Waals surface area contributed by atoms with Gasteiger partial charge in [-0.2, -0.15) is 0 Å². The maximum Gasteiger partial charge on any atom is 0.116 e. The average Bonchev–Trinajstić information content (AvgIpc) is 2.48. The van der Waals surface area contributed by atoms with Gasteiger partial charge in [0.05, 0.1) is 0 Å². The van der Waals surface area contributed by atoms with Crippen LogP contribution in [0.4, 0.5) is 0 Å². The molecule has 0 aliphatic carbocycles. The van der Waals surface area contributed by atoms with Crippen LogP contribution in [0.2, 0.25) is 5.02 Å². The highest BCUT2D eigenvalue weighted by Gasteiger charge is 2.03. The van der Waals surface area contributed by atoms with Crippen LogP contribution in [0.3, 0.4) is 0 Å². The molecule has 20 heavy (non-hydrogen) atoms. The monoisotopic (exact) mass is 280 g/mol. The summed E-state index contributed by atoms with van der Waals surface area (Å²) in [6, 6.07) is 23.2. The molecule has 2 heteroatoms. The minimum absolute atomic E-state index is 0.276. The van der Waals surface area contributed by atoms with Crippen molar-refractivity contribution in [3.05, 3.63) is 77.8 Å². The number of halogens is 1. The second kappa shape index (κ2) is 5.40. The number of hydrogen-bond donors (Lipinski definition) is 1. The lowest BCUT2D eigenvalue weighted by molar-refractivity contribution is 0.475. The maximum atomic E-state index is 9.53. The number of phenolic OH excluding ortho intramolecular Hbond substituents is 1. The Kier molecular flexibility index (Phi) is 3.44. The summed E-state index contributed by atoms with van der Waals surface area (Å²) < 4.78 is 0. The lowest BCUT2D eigenvalue weighted by Gasteiger charge is -2.07. The summed E-state index contributed by atoms with van der Waals surface area (Å²) in [5.74, 6) is 0.276. The summed E-state index contributed by atoms with van der Waals surface area (Å²) in [6.07, 6.45) is 0. The van der Waals surface area contributed by atoms with Crippen LogP contribution >= 0.6 is 11.6 Å². The molecule has 0 aliphatic rings. The van der Waals surface area contributed by atoms with E-state index in [2.05, 4.69) is 0 Å². The van der Waals surface area contributed by atoms with Gasteiger partial charge in [0.1, 0.15) is 5.75 Å². The number of hydrogen-bond acceptors (Lipinski definition) is 1. The van der Waals surface area contributed by atoms with Crippen LogP contribution in [0, 0.1) is 0 Å². The van der Waals surface area contributed by atoms with Crippen molar-refractivity contribution in [3.8, 4) is 28.0 Å². The minimum Gasteiger partial charge on any atom is -0.508 e. The molecule has 0 spiro atoms. The minimum atomic E-state index is 0.276. The van der Waals surface area contributed by atoms with Gasteiger partial charge in [0.2, 0.25) is 0 Å². The summed E-state index contributed by atoms with van der Waals surface area (Å²) >= 11 is 6.20. The zero-order chi connectivity index (χ0) is 13.9. The molecule has 98 valence electrons. The van der Waals surface area contributed by atoms with Crippen molar-refractivity contribution in [3.63, 3.8) is 0 Å².